The van der Waals surface area contributed by atoms with Gasteiger partial charge in [0.05, 0.1) is 13.5 Å². The van der Waals surface area contributed by atoms with Crippen molar-refractivity contribution < 1.29 is 23.1 Å². The Morgan fingerprint density at radius 3 is 2.39 bits per heavy atom. The summed E-state index contributed by atoms with van der Waals surface area (Å²) in [6.07, 6.45) is 4.31. The molecule has 1 aliphatic carbocycles. The van der Waals surface area contributed by atoms with E-state index in [-0.39, 0.29) is 11.5 Å². The summed E-state index contributed by atoms with van der Waals surface area (Å²) in [5.74, 6) is -2.64. The van der Waals surface area contributed by atoms with Crippen molar-refractivity contribution in [2.45, 2.75) is 44.6 Å². The lowest BCUT2D eigenvalue weighted by atomic mass is 9.83. The number of nitrogens with one attached hydrogen (secondary N) is 1. The Kier molecular flexibility index (Phi) is 6.07. The molecule has 1 aromatic rings. The monoisotopic (exact) mass is 325 g/mol. The summed E-state index contributed by atoms with van der Waals surface area (Å²) in [5, 5.41) is 2.59. The van der Waals surface area contributed by atoms with Gasteiger partial charge in [-0.05, 0) is 30.9 Å². The maximum Gasteiger partial charge on any atom is 0.328 e. The van der Waals surface area contributed by atoms with Gasteiger partial charge in [0.15, 0.2) is 0 Å². The van der Waals surface area contributed by atoms with Gasteiger partial charge in [0.25, 0.3) is 0 Å². The highest BCUT2D eigenvalue weighted by atomic mass is 19.1. The van der Waals surface area contributed by atoms with E-state index in [1.54, 1.807) is 0 Å². The summed E-state index contributed by atoms with van der Waals surface area (Å²) < 4.78 is 32.0. The lowest BCUT2D eigenvalue weighted by Crippen LogP contribution is -2.47. The molecule has 0 aliphatic heterocycles. The molecular formula is C17H21F2NO3. The molecule has 1 aliphatic rings. The van der Waals surface area contributed by atoms with Crippen LogP contribution in [0.1, 0.15) is 37.7 Å². The van der Waals surface area contributed by atoms with Crippen LogP contribution in [0, 0.1) is 17.6 Å². The molecular weight excluding hydrogens is 304 g/mol. The lowest BCUT2D eigenvalue weighted by Gasteiger charge is -2.29. The number of rotatable bonds is 5. The normalized spacial score (nSPS) is 16.7. The standard InChI is InChI=1S/C17H21F2NO3/c1-23-17(22)16(11-6-3-2-4-7-11)20-15(21)10-12-13(18)8-5-9-14(12)19/h5,8-9,11,16H,2-4,6-7,10H2,1H3,(H,20,21)/t16-/m1/s1. The minimum Gasteiger partial charge on any atom is -0.467 e. The van der Waals surface area contributed by atoms with Gasteiger partial charge in [0, 0.05) is 5.56 Å². The summed E-state index contributed by atoms with van der Waals surface area (Å²) >= 11 is 0. The third-order valence-electron chi connectivity index (χ3n) is 4.29. The highest BCUT2D eigenvalue weighted by Gasteiger charge is 2.31. The van der Waals surface area contributed by atoms with E-state index < -0.39 is 36.0 Å². The van der Waals surface area contributed by atoms with Crippen LogP contribution in [0.4, 0.5) is 8.78 Å². The fourth-order valence-corrected chi connectivity index (χ4v) is 3.05. The molecule has 1 amide bonds. The first-order valence-electron chi connectivity index (χ1n) is 7.83. The van der Waals surface area contributed by atoms with Crippen LogP contribution in [0.2, 0.25) is 0 Å². The van der Waals surface area contributed by atoms with Crippen molar-refractivity contribution in [3.05, 3.63) is 35.4 Å². The molecule has 126 valence electrons. The van der Waals surface area contributed by atoms with Crippen LogP contribution < -0.4 is 5.32 Å². The van der Waals surface area contributed by atoms with Gasteiger partial charge in [-0.1, -0.05) is 25.3 Å². The Morgan fingerprint density at radius 1 is 1.22 bits per heavy atom. The molecule has 6 heteroatoms. The smallest absolute Gasteiger partial charge is 0.328 e. The summed E-state index contributed by atoms with van der Waals surface area (Å²) in [7, 11) is 1.26. The molecule has 0 saturated heterocycles. The molecule has 1 aromatic carbocycles. The summed E-state index contributed by atoms with van der Waals surface area (Å²) in [6.45, 7) is 0. The van der Waals surface area contributed by atoms with Gasteiger partial charge in [0.2, 0.25) is 5.91 Å². The van der Waals surface area contributed by atoms with Gasteiger partial charge in [-0.15, -0.1) is 0 Å². The molecule has 0 bridgehead atoms. The number of ether oxygens (including phenoxy) is 1. The van der Waals surface area contributed by atoms with Crippen LogP contribution in [0.25, 0.3) is 0 Å². The number of methoxy groups -OCH3 is 1. The van der Waals surface area contributed by atoms with Crippen molar-refractivity contribution in [2.24, 2.45) is 5.92 Å². The second-order valence-electron chi connectivity index (χ2n) is 5.84. The highest BCUT2D eigenvalue weighted by Crippen LogP contribution is 2.27. The Labute approximate surface area is 134 Å². The molecule has 1 atom stereocenters. The van der Waals surface area contributed by atoms with Crippen LogP contribution in [0.15, 0.2) is 18.2 Å². The molecule has 0 aromatic heterocycles. The second-order valence-corrected chi connectivity index (χ2v) is 5.84. The minimum absolute atomic E-state index is 0.00520. The van der Waals surface area contributed by atoms with Gasteiger partial charge >= 0.3 is 5.97 Å². The maximum atomic E-state index is 13.6. The molecule has 1 N–H and O–H groups in total. The van der Waals surface area contributed by atoms with E-state index >= 15 is 0 Å². The predicted octanol–water partition coefficient (Wildman–Crippen LogP) is 2.75. The molecule has 0 unspecified atom stereocenters. The first-order chi connectivity index (χ1) is 11.0. The summed E-state index contributed by atoms with van der Waals surface area (Å²) in [6, 6.07) is 2.68. The number of carbonyl (C=O) groups is 2. The average molecular weight is 325 g/mol. The van der Waals surface area contributed by atoms with Crippen LogP contribution in [-0.2, 0) is 20.7 Å². The molecule has 0 heterocycles. The first-order valence-corrected chi connectivity index (χ1v) is 7.83. The highest BCUT2D eigenvalue weighted by molar-refractivity contribution is 5.85. The zero-order valence-electron chi connectivity index (χ0n) is 13.1. The maximum absolute atomic E-state index is 13.6. The largest absolute Gasteiger partial charge is 0.467 e. The molecule has 4 nitrogen and oxygen atoms in total. The van der Waals surface area contributed by atoms with Gasteiger partial charge < -0.3 is 10.1 Å². The molecule has 1 fully saturated rings. The number of benzene rings is 1. The van der Waals surface area contributed by atoms with Crippen LogP contribution in [0.3, 0.4) is 0 Å². The van der Waals surface area contributed by atoms with Crippen LogP contribution >= 0.6 is 0 Å². The lowest BCUT2D eigenvalue weighted by molar-refractivity contribution is -0.147. The average Bonchev–Trinajstić information content (AvgIpc) is 2.56. The second kappa shape index (κ2) is 8.04. The molecule has 23 heavy (non-hydrogen) atoms. The molecule has 1 saturated carbocycles. The third-order valence-corrected chi connectivity index (χ3v) is 4.29. The van der Waals surface area contributed by atoms with Crippen molar-refractivity contribution in [3.8, 4) is 0 Å². The Hall–Kier alpha value is -1.98. The van der Waals surface area contributed by atoms with Gasteiger partial charge in [-0.3, -0.25) is 4.79 Å². The van der Waals surface area contributed by atoms with Gasteiger partial charge in [-0.2, -0.15) is 0 Å². The summed E-state index contributed by atoms with van der Waals surface area (Å²) in [4.78, 5) is 24.1. The fraction of sp³-hybridized carbons (Fsp3) is 0.529. The molecule has 2 rings (SSSR count). The Morgan fingerprint density at radius 2 is 1.83 bits per heavy atom. The van der Waals surface area contributed by atoms with E-state index in [2.05, 4.69) is 5.32 Å². The number of hydrogen-bond acceptors (Lipinski definition) is 3. The molecule has 0 radical (unpaired) electrons. The minimum atomic E-state index is -0.771. The third kappa shape index (κ3) is 4.50. The topological polar surface area (TPSA) is 55.4 Å². The number of amides is 1. The van der Waals surface area contributed by atoms with E-state index in [1.807, 2.05) is 0 Å². The van der Waals surface area contributed by atoms with Gasteiger partial charge in [-0.25, -0.2) is 13.6 Å². The Bertz CT molecular complexity index is 551. The van der Waals surface area contributed by atoms with Crippen LogP contribution in [-0.4, -0.2) is 25.0 Å². The van der Waals surface area contributed by atoms with E-state index in [0.29, 0.717) is 0 Å². The zero-order valence-corrected chi connectivity index (χ0v) is 13.1. The Balaban J connectivity index is 2.06. The van der Waals surface area contributed by atoms with E-state index in [0.717, 1.165) is 44.2 Å². The van der Waals surface area contributed by atoms with Crippen molar-refractivity contribution in [1.82, 2.24) is 5.32 Å². The van der Waals surface area contributed by atoms with Crippen molar-refractivity contribution >= 4 is 11.9 Å². The van der Waals surface area contributed by atoms with Crippen molar-refractivity contribution in [3.63, 3.8) is 0 Å². The number of carbonyl (C=O) groups excluding carboxylic acids is 2. The van der Waals surface area contributed by atoms with E-state index in [1.165, 1.54) is 13.2 Å². The van der Waals surface area contributed by atoms with Gasteiger partial charge in [0.1, 0.15) is 17.7 Å². The SMILES string of the molecule is COC(=O)[C@H](NC(=O)Cc1c(F)cccc1F)C1CCCCC1. The van der Waals surface area contributed by atoms with E-state index in [9.17, 15) is 18.4 Å². The first kappa shape index (κ1) is 17.4. The fourth-order valence-electron chi connectivity index (χ4n) is 3.05. The summed E-state index contributed by atoms with van der Waals surface area (Å²) in [5.41, 5.74) is -0.294. The van der Waals surface area contributed by atoms with Crippen molar-refractivity contribution in [2.75, 3.05) is 7.11 Å². The van der Waals surface area contributed by atoms with Crippen molar-refractivity contribution in [1.29, 1.82) is 0 Å². The number of esters is 1. The number of hydrogen-bond donors (Lipinski definition) is 1. The quantitative estimate of drug-likeness (QED) is 0.847. The number of halogens is 2. The molecule has 0 spiro atoms. The predicted molar refractivity (Wildman–Crippen MR) is 80.6 cm³/mol. The zero-order chi connectivity index (χ0) is 16.8. The van der Waals surface area contributed by atoms with E-state index in [4.69, 9.17) is 4.74 Å². The van der Waals surface area contributed by atoms with Crippen LogP contribution in [0.5, 0.6) is 0 Å².